The van der Waals surface area contributed by atoms with Crippen LogP contribution in [0.15, 0.2) is 12.1 Å². The fourth-order valence-electron chi connectivity index (χ4n) is 1.71. The van der Waals surface area contributed by atoms with Crippen LogP contribution in [-0.4, -0.2) is 27.7 Å². The number of anilines is 2. The Bertz CT molecular complexity index is 315. The predicted molar refractivity (Wildman–Crippen MR) is 65.0 cm³/mol. The van der Waals surface area contributed by atoms with Crippen molar-refractivity contribution in [1.29, 1.82) is 0 Å². The normalized spacial score (nSPS) is 18.2. The van der Waals surface area contributed by atoms with Gasteiger partial charge in [0.2, 0.25) is 0 Å². The molecule has 2 rings (SSSR count). The average molecular weight is 224 g/mol. The quantitative estimate of drug-likeness (QED) is 0.816. The van der Waals surface area contributed by atoms with Gasteiger partial charge in [0.25, 0.3) is 0 Å². The molecule has 0 radical (unpaired) electrons. The summed E-state index contributed by atoms with van der Waals surface area (Å²) in [7, 11) is 0. The molecule has 3 N–H and O–H groups in total. The maximum Gasteiger partial charge on any atom is 0.148 e. The van der Waals surface area contributed by atoms with Crippen LogP contribution in [0.4, 0.5) is 11.6 Å². The molecule has 1 heterocycles. The van der Waals surface area contributed by atoms with Crippen molar-refractivity contribution in [3.05, 3.63) is 12.1 Å². The minimum Gasteiger partial charge on any atom is -0.382 e. The first kappa shape index (κ1) is 10.5. The first-order chi connectivity index (χ1) is 7.24. The van der Waals surface area contributed by atoms with Gasteiger partial charge in [-0.25, -0.2) is 0 Å². The number of rotatable bonds is 4. The molecule has 5 heteroatoms. The van der Waals surface area contributed by atoms with E-state index >= 15 is 0 Å². The second kappa shape index (κ2) is 4.26. The molecule has 0 aromatic carbocycles. The van der Waals surface area contributed by atoms with Crippen molar-refractivity contribution in [1.82, 2.24) is 10.2 Å². The molecule has 15 heavy (non-hydrogen) atoms. The van der Waals surface area contributed by atoms with E-state index in [1.165, 1.54) is 19.3 Å². The molecule has 0 atom stereocenters. The van der Waals surface area contributed by atoms with Crippen LogP contribution in [0.25, 0.3) is 0 Å². The van der Waals surface area contributed by atoms with E-state index in [9.17, 15) is 0 Å². The number of thioether (sulfide) groups is 1. The van der Waals surface area contributed by atoms with Crippen LogP contribution in [0, 0.1) is 0 Å². The molecule has 1 aliphatic carbocycles. The topological polar surface area (TPSA) is 63.8 Å². The van der Waals surface area contributed by atoms with Gasteiger partial charge in [0, 0.05) is 11.3 Å². The van der Waals surface area contributed by atoms with Crippen LogP contribution in [0.5, 0.6) is 0 Å². The molecular formula is C10H16N4S. The van der Waals surface area contributed by atoms with Crippen molar-refractivity contribution in [2.75, 3.05) is 23.9 Å². The van der Waals surface area contributed by atoms with Crippen molar-refractivity contribution >= 4 is 23.4 Å². The Morgan fingerprint density at radius 1 is 1.47 bits per heavy atom. The summed E-state index contributed by atoms with van der Waals surface area (Å²) in [6, 6.07) is 3.64. The van der Waals surface area contributed by atoms with Gasteiger partial charge in [0.15, 0.2) is 0 Å². The second-order valence-electron chi connectivity index (χ2n) is 3.94. The van der Waals surface area contributed by atoms with Gasteiger partial charge in [-0.05, 0) is 31.2 Å². The minimum absolute atomic E-state index is 0.420. The maximum atomic E-state index is 5.47. The molecule has 1 aliphatic rings. The smallest absolute Gasteiger partial charge is 0.148 e. The average Bonchev–Trinajstić information content (AvgIpc) is 2.20. The highest BCUT2D eigenvalue weighted by atomic mass is 32.2. The largest absolute Gasteiger partial charge is 0.382 e. The summed E-state index contributed by atoms with van der Waals surface area (Å²) in [4.78, 5) is 0. The van der Waals surface area contributed by atoms with Gasteiger partial charge >= 0.3 is 0 Å². The van der Waals surface area contributed by atoms with E-state index in [0.29, 0.717) is 10.6 Å². The van der Waals surface area contributed by atoms with E-state index in [0.717, 1.165) is 12.4 Å². The van der Waals surface area contributed by atoms with E-state index in [1.807, 2.05) is 17.8 Å². The van der Waals surface area contributed by atoms with Gasteiger partial charge in [-0.2, -0.15) is 11.8 Å². The SMILES string of the molecule is CSC1(CNc2ccc(N)nn2)CCC1. The van der Waals surface area contributed by atoms with Crippen molar-refractivity contribution in [3.8, 4) is 0 Å². The molecule has 0 saturated heterocycles. The van der Waals surface area contributed by atoms with Crippen molar-refractivity contribution in [3.63, 3.8) is 0 Å². The highest BCUT2D eigenvalue weighted by Gasteiger charge is 2.35. The molecule has 0 spiro atoms. The van der Waals surface area contributed by atoms with Gasteiger partial charge in [-0.15, -0.1) is 10.2 Å². The number of nitrogen functional groups attached to an aromatic ring is 1. The summed E-state index contributed by atoms with van der Waals surface area (Å²) in [5, 5.41) is 11.1. The zero-order valence-electron chi connectivity index (χ0n) is 8.86. The molecule has 4 nitrogen and oxygen atoms in total. The highest BCUT2D eigenvalue weighted by Crippen LogP contribution is 2.42. The van der Waals surface area contributed by atoms with Gasteiger partial charge in [-0.1, -0.05) is 6.42 Å². The lowest BCUT2D eigenvalue weighted by molar-refractivity contribution is 0.379. The lowest BCUT2D eigenvalue weighted by Gasteiger charge is -2.40. The molecule has 0 amide bonds. The van der Waals surface area contributed by atoms with Gasteiger partial charge < -0.3 is 11.1 Å². The summed E-state index contributed by atoms with van der Waals surface area (Å²) in [5.41, 5.74) is 5.47. The number of hydrogen-bond donors (Lipinski definition) is 2. The third-order valence-corrected chi connectivity index (χ3v) is 4.39. The minimum atomic E-state index is 0.420. The van der Waals surface area contributed by atoms with Crippen molar-refractivity contribution < 1.29 is 0 Å². The van der Waals surface area contributed by atoms with E-state index in [1.54, 1.807) is 6.07 Å². The van der Waals surface area contributed by atoms with Gasteiger partial charge in [0.05, 0.1) is 0 Å². The van der Waals surface area contributed by atoms with Crippen LogP contribution in [-0.2, 0) is 0 Å². The molecule has 0 bridgehead atoms. The second-order valence-corrected chi connectivity index (χ2v) is 5.21. The lowest BCUT2D eigenvalue weighted by Crippen LogP contribution is -2.40. The Labute approximate surface area is 94.0 Å². The van der Waals surface area contributed by atoms with Gasteiger partial charge in [0.1, 0.15) is 11.6 Å². The monoisotopic (exact) mass is 224 g/mol. The molecule has 1 fully saturated rings. The van der Waals surface area contributed by atoms with Crippen molar-refractivity contribution in [2.24, 2.45) is 0 Å². The van der Waals surface area contributed by atoms with E-state index in [2.05, 4.69) is 21.8 Å². The van der Waals surface area contributed by atoms with Crippen LogP contribution < -0.4 is 11.1 Å². The van der Waals surface area contributed by atoms with Crippen LogP contribution in [0.1, 0.15) is 19.3 Å². The Hall–Kier alpha value is -0.970. The van der Waals surface area contributed by atoms with Gasteiger partial charge in [-0.3, -0.25) is 0 Å². The first-order valence-corrected chi connectivity index (χ1v) is 6.35. The number of aromatic nitrogens is 2. The number of nitrogens with one attached hydrogen (secondary N) is 1. The molecular weight excluding hydrogens is 208 g/mol. The zero-order chi connectivity index (χ0) is 10.7. The van der Waals surface area contributed by atoms with E-state index < -0.39 is 0 Å². The molecule has 1 aromatic heterocycles. The number of nitrogens with zero attached hydrogens (tertiary/aromatic N) is 2. The predicted octanol–water partition coefficient (Wildman–Crippen LogP) is 1.76. The summed E-state index contributed by atoms with van der Waals surface area (Å²) in [6.45, 7) is 0.965. The summed E-state index contributed by atoms with van der Waals surface area (Å²) in [5.74, 6) is 1.27. The highest BCUT2D eigenvalue weighted by molar-refractivity contribution is 8.00. The zero-order valence-corrected chi connectivity index (χ0v) is 9.68. The Morgan fingerprint density at radius 3 is 2.73 bits per heavy atom. The van der Waals surface area contributed by atoms with Crippen molar-refractivity contribution in [2.45, 2.75) is 24.0 Å². The maximum absolute atomic E-state index is 5.47. The third kappa shape index (κ3) is 2.34. The summed E-state index contributed by atoms with van der Waals surface area (Å²) >= 11 is 1.95. The molecule has 0 aliphatic heterocycles. The fourth-order valence-corrected chi connectivity index (χ4v) is 2.63. The van der Waals surface area contributed by atoms with Crippen LogP contribution in [0.3, 0.4) is 0 Å². The summed E-state index contributed by atoms with van der Waals surface area (Å²) in [6.07, 6.45) is 6.11. The fraction of sp³-hybridized carbons (Fsp3) is 0.600. The van der Waals surface area contributed by atoms with E-state index in [-0.39, 0.29) is 0 Å². The molecule has 1 saturated carbocycles. The number of hydrogen-bond acceptors (Lipinski definition) is 5. The first-order valence-electron chi connectivity index (χ1n) is 5.12. The Morgan fingerprint density at radius 2 is 2.27 bits per heavy atom. The number of nitrogens with two attached hydrogens (primary N) is 1. The molecule has 1 aromatic rings. The molecule has 0 unspecified atom stereocenters. The van der Waals surface area contributed by atoms with Crippen LogP contribution >= 0.6 is 11.8 Å². The summed E-state index contributed by atoms with van der Waals surface area (Å²) < 4.78 is 0.420. The Balaban J connectivity index is 1.90. The third-order valence-electron chi connectivity index (χ3n) is 2.97. The standard InChI is InChI=1S/C10H16N4S/c1-15-10(5-2-6-10)7-12-9-4-3-8(11)13-14-9/h3-4H,2,5-7H2,1H3,(H2,11,13)(H,12,14). The van der Waals surface area contributed by atoms with E-state index in [4.69, 9.17) is 5.73 Å². The lowest BCUT2D eigenvalue weighted by atomic mass is 9.84. The van der Waals surface area contributed by atoms with Crippen LogP contribution in [0.2, 0.25) is 0 Å². The Kier molecular flexibility index (Phi) is 3.00. The molecule has 82 valence electrons.